The summed E-state index contributed by atoms with van der Waals surface area (Å²) in [6, 6.07) is 6.13. The van der Waals surface area contributed by atoms with E-state index in [-0.39, 0.29) is 6.04 Å². The van der Waals surface area contributed by atoms with Crippen molar-refractivity contribution in [3.8, 4) is 5.75 Å². The van der Waals surface area contributed by atoms with E-state index in [1.807, 2.05) is 25.1 Å². The lowest BCUT2D eigenvalue weighted by Gasteiger charge is -2.01. The Labute approximate surface area is 101 Å². The summed E-state index contributed by atoms with van der Waals surface area (Å²) in [7, 11) is 1.67. The SMILES string of the molecule is COc1ccc2nc(CCCC(C)N)[nH]c2c1. The van der Waals surface area contributed by atoms with Gasteiger partial charge in [0.1, 0.15) is 11.6 Å². The number of nitrogens with zero attached hydrogens (tertiary/aromatic N) is 1. The van der Waals surface area contributed by atoms with Gasteiger partial charge in [-0.15, -0.1) is 0 Å². The first-order chi connectivity index (χ1) is 8.19. The van der Waals surface area contributed by atoms with Crippen LogP contribution in [0.1, 0.15) is 25.6 Å². The van der Waals surface area contributed by atoms with Gasteiger partial charge in [0, 0.05) is 18.5 Å². The number of H-pyrrole nitrogens is 1. The van der Waals surface area contributed by atoms with E-state index in [4.69, 9.17) is 10.5 Å². The molecule has 0 saturated carbocycles. The molecule has 1 heterocycles. The van der Waals surface area contributed by atoms with Crippen molar-refractivity contribution in [2.45, 2.75) is 32.2 Å². The van der Waals surface area contributed by atoms with Crippen molar-refractivity contribution in [2.24, 2.45) is 5.73 Å². The van der Waals surface area contributed by atoms with Gasteiger partial charge in [0.2, 0.25) is 0 Å². The summed E-state index contributed by atoms with van der Waals surface area (Å²) in [5, 5.41) is 0. The second-order valence-electron chi connectivity index (χ2n) is 4.44. The number of aryl methyl sites for hydroxylation is 1. The van der Waals surface area contributed by atoms with E-state index in [1.165, 1.54) is 0 Å². The van der Waals surface area contributed by atoms with Crippen molar-refractivity contribution in [1.29, 1.82) is 0 Å². The summed E-state index contributed by atoms with van der Waals surface area (Å²) in [4.78, 5) is 7.85. The maximum absolute atomic E-state index is 5.72. The lowest BCUT2D eigenvalue weighted by atomic mass is 10.1. The summed E-state index contributed by atoms with van der Waals surface area (Å²) in [5.74, 6) is 1.87. The molecule has 0 bridgehead atoms. The molecule has 3 N–H and O–H groups in total. The van der Waals surface area contributed by atoms with Crippen LogP contribution in [-0.2, 0) is 6.42 Å². The molecule has 1 atom stereocenters. The van der Waals surface area contributed by atoms with Crippen LogP contribution < -0.4 is 10.5 Å². The van der Waals surface area contributed by atoms with Gasteiger partial charge in [0.15, 0.2) is 0 Å². The van der Waals surface area contributed by atoms with Crippen molar-refractivity contribution in [3.05, 3.63) is 24.0 Å². The third kappa shape index (κ3) is 2.97. The normalized spacial score (nSPS) is 12.9. The highest BCUT2D eigenvalue weighted by molar-refractivity contribution is 5.76. The zero-order chi connectivity index (χ0) is 12.3. The van der Waals surface area contributed by atoms with Gasteiger partial charge in [-0.05, 0) is 31.9 Å². The minimum atomic E-state index is 0.263. The fourth-order valence-electron chi connectivity index (χ4n) is 1.88. The molecular weight excluding hydrogens is 214 g/mol. The summed E-state index contributed by atoms with van der Waals surface area (Å²) in [6.07, 6.45) is 3.04. The Morgan fingerprint density at radius 3 is 3.00 bits per heavy atom. The number of benzene rings is 1. The molecule has 1 aromatic carbocycles. The molecule has 0 aliphatic heterocycles. The molecule has 0 saturated heterocycles. The maximum Gasteiger partial charge on any atom is 0.121 e. The lowest BCUT2D eigenvalue weighted by Crippen LogP contribution is -2.14. The molecule has 0 amide bonds. The quantitative estimate of drug-likeness (QED) is 0.832. The van der Waals surface area contributed by atoms with Gasteiger partial charge in [-0.2, -0.15) is 0 Å². The Kier molecular flexibility index (Phi) is 3.64. The molecule has 1 aromatic heterocycles. The van der Waals surface area contributed by atoms with Gasteiger partial charge in [0.05, 0.1) is 18.1 Å². The number of aromatic amines is 1. The van der Waals surface area contributed by atoms with Crippen LogP contribution in [0.2, 0.25) is 0 Å². The number of fused-ring (bicyclic) bond motifs is 1. The molecule has 0 spiro atoms. The topological polar surface area (TPSA) is 63.9 Å². The molecule has 0 aliphatic rings. The first-order valence-corrected chi connectivity index (χ1v) is 5.97. The summed E-state index contributed by atoms with van der Waals surface area (Å²) in [6.45, 7) is 2.03. The van der Waals surface area contributed by atoms with Crippen LogP contribution in [0, 0.1) is 0 Å². The molecule has 2 rings (SSSR count). The van der Waals surface area contributed by atoms with E-state index >= 15 is 0 Å². The zero-order valence-corrected chi connectivity index (χ0v) is 10.4. The third-order valence-electron chi connectivity index (χ3n) is 2.81. The van der Waals surface area contributed by atoms with Gasteiger partial charge in [-0.1, -0.05) is 0 Å². The largest absolute Gasteiger partial charge is 0.497 e. The number of hydrogen-bond acceptors (Lipinski definition) is 3. The average Bonchev–Trinajstić information content (AvgIpc) is 2.69. The molecule has 2 aromatic rings. The van der Waals surface area contributed by atoms with Crippen LogP contribution >= 0.6 is 0 Å². The monoisotopic (exact) mass is 233 g/mol. The highest BCUT2D eigenvalue weighted by atomic mass is 16.5. The number of rotatable bonds is 5. The molecule has 0 aliphatic carbocycles. The van der Waals surface area contributed by atoms with Crippen LogP contribution in [0.5, 0.6) is 5.75 Å². The van der Waals surface area contributed by atoms with Gasteiger partial charge in [-0.25, -0.2) is 4.98 Å². The Balaban J connectivity index is 2.09. The summed E-state index contributed by atoms with van der Waals surface area (Å²) >= 11 is 0. The summed E-state index contributed by atoms with van der Waals surface area (Å²) in [5.41, 5.74) is 7.74. The van der Waals surface area contributed by atoms with E-state index in [2.05, 4.69) is 9.97 Å². The standard InChI is InChI=1S/C13H19N3O/c1-9(14)4-3-5-13-15-11-7-6-10(17-2)8-12(11)16-13/h6-9H,3-5,14H2,1-2H3,(H,15,16). The molecule has 0 fully saturated rings. The van der Waals surface area contributed by atoms with Crippen LogP contribution in [0.4, 0.5) is 0 Å². The Morgan fingerprint density at radius 2 is 2.29 bits per heavy atom. The first kappa shape index (κ1) is 11.9. The van der Waals surface area contributed by atoms with Gasteiger partial charge in [-0.3, -0.25) is 0 Å². The minimum Gasteiger partial charge on any atom is -0.497 e. The van der Waals surface area contributed by atoms with Crippen molar-refractivity contribution in [2.75, 3.05) is 7.11 Å². The molecular formula is C13H19N3O. The number of ether oxygens (including phenoxy) is 1. The molecule has 0 radical (unpaired) electrons. The van der Waals surface area contributed by atoms with E-state index in [9.17, 15) is 0 Å². The van der Waals surface area contributed by atoms with Crippen LogP contribution in [0.3, 0.4) is 0 Å². The number of aromatic nitrogens is 2. The lowest BCUT2D eigenvalue weighted by molar-refractivity contribution is 0.415. The Bertz CT molecular complexity index is 490. The second-order valence-corrected chi connectivity index (χ2v) is 4.44. The molecule has 4 nitrogen and oxygen atoms in total. The Hall–Kier alpha value is -1.55. The molecule has 4 heteroatoms. The number of nitrogens with one attached hydrogen (secondary N) is 1. The molecule has 1 unspecified atom stereocenters. The fraction of sp³-hybridized carbons (Fsp3) is 0.462. The van der Waals surface area contributed by atoms with Gasteiger partial charge < -0.3 is 15.5 Å². The maximum atomic E-state index is 5.72. The van der Waals surface area contributed by atoms with E-state index in [0.717, 1.165) is 41.9 Å². The van der Waals surface area contributed by atoms with Crippen molar-refractivity contribution >= 4 is 11.0 Å². The van der Waals surface area contributed by atoms with Crippen LogP contribution in [0.25, 0.3) is 11.0 Å². The Morgan fingerprint density at radius 1 is 1.47 bits per heavy atom. The number of methoxy groups -OCH3 is 1. The van der Waals surface area contributed by atoms with E-state index in [1.54, 1.807) is 7.11 Å². The van der Waals surface area contributed by atoms with Crippen molar-refractivity contribution < 1.29 is 4.74 Å². The van der Waals surface area contributed by atoms with Gasteiger partial charge in [0.25, 0.3) is 0 Å². The predicted molar refractivity (Wildman–Crippen MR) is 69.2 cm³/mol. The van der Waals surface area contributed by atoms with Crippen molar-refractivity contribution in [1.82, 2.24) is 9.97 Å². The third-order valence-corrected chi connectivity index (χ3v) is 2.81. The van der Waals surface area contributed by atoms with E-state index in [0.29, 0.717) is 0 Å². The predicted octanol–water partition coefficient (Wildman–Crippen LogP) is 2.24. The summed E-state index contributed by atoms with van der Waals surface area (Å²) < 4.78 is 5.18. The van der Waals surface area contributed by atoms with E-state index < -0.39 is 0 Å². The minimum absolute atomic E-state index is 0.263. The highest BCUT2D eigenvalue weighted by Crippen LogP contribution is 2.19. The first-order valence-electron chi connectivity index (χ1n) is 5.97. The highest BCUT2D eigenvalue weighted by Gasteiger charge is 2.04. The zero-order valence-electron chi connectivity index (χ0n) is 10.4. The number of hydrogen-bond donors (Lipinski definition) is 2. The fourth-order valence-corrected chi connectivity index (χ4v) is 1.88. The van der Waals surface area contributed by atoms with Crippen LogP contribution in [-0.4, -0.2) is 23.1 Å². The van der Waals surface area contributed by atoms with Crippen molar-refractivity contribution in [3.63, 3.8) is 0 Å². The smallest absolute Gasteiger partial charge is 0.121 e. The molecule has 92 valence electrons. The average molecular weight is 233 g/mol. The number of nitrogens with two attached hydrogens (primary N) is 1. The molecule has 17 heavy (non-hydrogen) atoms. The number of imidazole rings is 1. The van der Waals surface area contributed by atoms with Gasteiger partial charge >= 0.3 is 0 Å². The second kappa shape index (κ2) is 5.19. The van der Waals surface area contributed by atoms with Crippen LogP contribution in [0.15, 0.2) is 18.2 Å².